The molecule has 2 aliphatic heterocycles. The number of rotatable bonds is 3. The van der Waals surface area contributed by atoms with Gasteiger partial charge in [-0.2, -0.15) is 0 Å². The minimum absolute atomic E-state index is 0.142. The minimum Gasteiger partial charge on any atom is -0.465 e. The molecule has 0 radical (unpaired) electrons. The summed E-state index contributed by atoms with van der Waals surface area (Å²) in [5.41, 5.74) is 2.31. The summed E-state index contributed by atoms with van der Waals surface area (Å²) in [7, 11) is 0. The number of amides is 1. The van der Waals surface area contributed by atoms with E-state index in [1.165, 1.54) is 4.90 Å². The highest BCUT2D eigenvalue weighted by Gasteiger charge is 2.55. The van der Waals surface area contributed by atoms with Crippen molar-refractivity contribution in [3.05, 3.63) is 29.3 Å². The summed E-state index contributed by atoms with van der Waals surface area (Å²) < 4.78 is 16.4. The fourth-order valence-electron chi connectivity index (χ4n) is 2.86. The van der Waals surface area contributed by atoms with Crippen molar-refractivity contribution < 1.29 is 23.8 Å². The molecule has 1 aromatic carbocycles. The molecule has 2 aliphatic rings. The quantitative estimate of drug-likeness (QED) is 0.792. The molecule has 1 fully saturated rings. The van der Waals surface area contributed by atoms with Gasteiger partial charge in [-0.05, 0) is 32.4 Å². The van der Waals surface area contributed by atoms with Crippen LogP contribution in [0.15, 0.2) is 18.2 Å². The molecule has 2 heterocycles. The molecule has 0 unspecified atom stereocenters. The average molecular weight is 305 g/mol. The Morgan fingerprint density at radius 1 is 1.36 bits per heavy atom. The van der Waals surface area contributed by atoms with Crippen molar-refractivity contribution in [1.29, 1.82) is 0 Å². The molecule has 1 aromatic rings. The lowest BCUT2D eigenvalue weighted by molar-refractivity contribution is -0.256. The molecule has 0 aliphatic carbocycles. The summed E-state index contributed by atoms with van der Waals surface area (Å²) in [4.78, 5) is 26.0. The Bertz CT molecular complexity index is 607. The molecule has 0 aromatic heterocycles. The number of carbonyl (C=O) groups excluding carboxylic acids is 2. The highest BCUT2D eigenvalue weighted by molar-refractivity contribution is 6.08. The van der Waals surface area contributed by atoms with E-state index >= 15 is 0 Å². The molecule has 22 heavy (non-hydrogen) atoms. The van der Waals surface area contributed by atoms with Crippen LogP contribution in [0.25, 0.3) is 0 Å². The van der Waals surface area contributed by atoms with Crippen LogP contribution < -0.4 is 4.90 Å². The van der Waals surface area contributed by atoms with Crippen molar-refractivity contribution in [2.24, 2.45) is 0 Å². The number of nitrogens with zero attached hydrogens (tertiary/aromatic N) is 1. The van der Waals surface area contributed by atoms with Gasteiger partial charge in [0, 0.05) is 5.56 Å². The molecule has 3 rings (SSSR count). The van der Waals surface area contributed by atoms with Gasteiger partial charge in [0.25, 0.3) is 11.7 Å². The van der Waals surface area contributed by atoms with Gasteiger partial charge >= 0.3 is 5.97 Å². The van der Waals surface area contributed by atoms with Crippen LogP contribution >= 0.6 is 0 Å². The van der Waals surface area contributed by atoms with Gasteiger partial charge < -0.3 is 14.2 Å². The topological polar surface area (TPSA) is 65.1 Å². The van der Waals surface area contributed by atoms with Crippen LogP contribution in [-0.4, -0.2) is 38.2 Å². The molecule has 118 valence electrons. The molecule has 0 N–H and O–H groups in total. The third-order valence-electron chi connectivity index (χ3n) is 3.82. The number of hydrogen-bond donors (Lipinski definition) is 0. The number of esters is 1. The molecule has 1 saturated heterocycles. The van der Waals surface area contributed by atoms with E-state index in [1.54, 1.807) is 6.92 Å². The Morgan fingerprint density at radius 3 is 2.77 bits per heavy atom. The van der Waals surface area contributed by atoms with Crippen LogP contribution in [0.4, 0.5) is 5.69 Å². The number of carbonyl (C=O) groups is 2. The molecule has 6 nitrogen and oxygen atoms in total. The molecule has 1 spiro atoms. The number of ether oxygens (including phenoxy) is 3. The molecular weight excluding hydrogens is 286 g/mol. The number of hydrogen-bond acceptors (Lipinski definition) is 5. The first-order chi connectivity index (χ1) is 10.6. The lowest BCUT2D eigenvalue weighted by Gasteiger charge is -2.32. The fourth-order valence-corrected chi connectivity index (χ4v) is 2.86. The predicted octanol–water partition coefficient (Wildman–Crippen LogP) is 1.49. The molecule has 0 saturated carbocycles. The maximum Gasteiger partial charge on any atom is 0.326 e. The first-order valence-electron chi connectivity index (χ1n) is 7.45. The monoisotopic (exact) mass is 305 g/mol. The molecule has 0 bridgehead atoms. The van der Waals surface area contributed by atoms with Gasteiger partial charge in [0.2, 0.25) is 0 Å². The third kappa shape index (κ3) is 2.28. The molecule has 1 amide bonds. The number of fused-ring (bicyclic) bond motifs is 2. The largest absolute Gasteiger partial charge is 0.465 e. The third-order valence-corrected chi connectivity index (χ3v) is 3.82. The van der Waals surface area contributed by atoms with E-state index in [-0.39, 0.29) is 19.1 Å². The van der Waals surface area contributed by atoms with Crippen molar-refractivity contribution in [3.8, 4) is 0 Å². The lowest BCUT2D eigenvalue weighted by Crippen LogP contribution is -2.48. The smallest absolute Gasteiger partial charge is 0.326 e. The predicted molar refractivity (Wildman–Crippen MR) is 78.4 cm³/mol. The summed E-state index contributed by atoms with van der Waals surface area (Å²) in [6.45, 7) is 4.71. The number of aryl methyl sites for hydroxylation is 1. The first-order valence-corrected chi connectivity index (χ1v) is 7.45. The SMILES string of the molecule is CCOC(=O)CN1C(=O)C2(OCCCO2)c2cc(C)ccc21. The molecule has 0 atom stereocenters. The van der Waals surface area contributed by atoms with Gasteiger partial charge in [0.05, 0.1) is 25.5 Å². The van der Waals surface area contributed by atoms with Crippen LogP contribution in [0.5, 0.6) is 0 Å². The summed E-state index contributed by atoms with van der Waals surface area (Å²) in [6, 6.07) is 5.59. The second-order valence-corrected chi connectivity index (χ2v) is 5.38. The highest BCUT2D eigenvalue weighted by Crippen LogP contribution is 2.45. The minimum atomic E-state index is -1.41. The zero-order chi connectivity index (χ0) is 15.7. The Labute approximate surface area is 128 Å². The van der Waals surface area contributed by atoms with E-state index in [1.807, 2.05) is 25.1 Å². The van der Waals surface area contributed by atoms with E-state index in [4.69, 9.17) is 14.2 Å². The van der Waals surface area contributed by atoms with Gasteiger partial charge in [0.1, 0.15) is 6.54 Å². The zero-order valence-corrected chi connectivity index (χ0v) is 12.8. The Hall–Kier alpha value is -1.92. The van der Waals surface area contributed by atoms with E-state index in [2.05, 4.69) is 0 Å². The zero-order valence-electron chi connectivity index (χ0n) is 12.8. The standard InChI is InChI=1S/C16H19NO5/c1-3-20-14(18)10-17-13-6-5-11(2)9-12(13)16(15(17)19)21-7-4-8-22-16/h5-6,9H,3-4,7-8,10H2,1-2H3. The second kappa shape index (κ2) is 5.70. The van der Waals surface area contributed by atoms with Crippen LogP contribution in [0.2, 0.25) is 0 Å². The Kier molecular flexibility index (Phi) is 3.88. The lowest BCUT2D eigenvalue weighted by atomic mass is 10.0. The van der Waals surface area contributed by atoms with Gasteiger partial charge in [-0.15, -0.1) is 0 Å². The number of benzene rings is 1. The van der Waals surface area contributed by atoms with E-state index in [0.717, 1.165) is 12.0 Å². The summed E-state index contributed by atoms with van der Waals surface area (Å²) in [5, 5.41) is 0. The fraction of sp³-hybridized carbons (Fsp3) is 0.500. The summed E-state index contributed by atoms with van der Waals surface area (Å²) >= 11 is 0. The molecule has 6 heteroatoms. The van der Waals surface area contributed by atoms with E-state index in [9.17, 15) is 9.59 Å². The summed E-state index contributed by atoms with van der Waals surface area (Å²) in [6.07, 6.45) is 0.744. The van der Waals surface area contributed by atoms with Gasteiger partial charge in [-0.3, -0.25) is 14.5 Å². The Morgan fingerprint density at radius 2 is 2.09 bits per heavy atom. The van der Waals surface area contributed by atoms with Crippen LogP contribution in [0.3, 0.4) is 0 Å². The normalized spacial score (nSPS) is 19.4. The van der Waals surface area contributed by atoms with Crippen molar-refractivity contribution >= 4 is 17.6 Å². The molecular formula is C16H19NO5. The van der Waals surface area contributed by atoms with E-state index < -0.39 is 11.8 Å². The van der Waals surface area contributed by atoms with E-state index in [0.29, 0.717) is 24.5 Å². The first kappa shape index (κ1) is 15.0. The van der Waals surface area contributed by atoms with Crippen molar-refractivity contribution in [2.75, 3.05) is 31.3 Å². The maximum atomic E-state index is 12.9. The van der Waals surface area contributed by atoms with Gasteiger partial charge in [-0.25, -0.2) is 0 Å². The van der Waals surface area contributed by atoms with Gasteiger partial charge in [-0.1, -0.05) is 11.6 Å². The average Bonchev–Trinajstić information content (AvgIpc) is 2.71. The van der Waals surface area contributed by atoms with Crippen molar-refractivity contribution in [3.63, 3.8) is 0 Å². The van der Waals surface area contributed by atoms with Crippen LogP contribution in [0, 0.1) is 6.92 Å². The van der Waals surface area contributed by atoms with Gasteiger partial charge in [0.15, 0.2) is 0 Å². The Balaban J connectivity index is 2.00. The van der Waals surface area contributed by atoms with Crippen molar-refractivity contribution in [1.82, 2.24) is 0 Å². The van der Waals surface area contributed by atoms with Crippen LogP contribution in [0.1, 0.15) is 24.5 Å². The second-order valence-electron chi connectivity index (χ2n) is 5.38. The number of anilines is 1. The summed E-state index contributed by atoms with van der Waals surface area (Å²) in [5.74, 6) is -2.22. The van der Waals surface area contributed by atoms with Crippen LogP contribution in [-0.2, 0) is 29.6 Å². The van der Waals surface area contributed by atoms with Crippen molar-refractivity contribution in [2.45, 2.75) is 26.1 Å². The maximum absolute atomic E-state index is 12.9. The highest BCUT2D eigenvalue weighted by atomic mass is 16.7.